The second-order valence-corrected chi connectivity index (χ2v) is 2.96. The number of carboxylic acids is 1. The molecule has 0 aliphatic heterocycles. The lowest BCUT2D eigenvalue weighted by Gasteiger charge is -1.99. The Kier molecular flexibility index (Phi) is 1.94. The summed E-state index contributed by atoms with van der Waals surface area (Å²) in [6.07, 6.45) is 1.74. The summed E-state index contributed by atoms with van der Waals surface area (Å²) in [6.45, 7) is 0. The van der Waals surface area contributed by atoms with E-state index in [4.69, 9.17) is 10.8 Å². The average molecular weight is 191 g/mol. The van der Waals surface area contributed by atoms with Crippen LogP contribution in [0.3, 0.4) is 0 Å². The standard InChI is InChI=1S/C9H9N3O2/c10-8(9(13)14)7-5-6-3-1-2-4-12(6)11-7/h1-5,8H,10H2,(H,13,14). The number of carboxylic acid groups (broad SMARTS) is 1. The molecule has 0 fully saturated rings. The number of hydrogen-bond donors (Lipinski definition) is 2. The first-order valence-corrected chi connectivity index (χ1v) is 4.11. The third-order valence-corrected chi connectivity index (χ3v) is 1.97. The van der Waals surface area contributed by atoms with Gasteiger partial charge in [0.1, 0.15) is 6.04 Å². The summed E-state index contributed by atoms with van der Waals surface area (Å²) < 4.78 is 1.60. The maximum atomic E-state index is 10.6. The Balaban J connectivity index is 2.50. The summed E-state index contributed by atoms with van der Waals surface area (Å²) in [6, 6.07) is 6.11. The van der Waals surface area contributed by atoms with E-state index in [1.165, 1.54) is 0 Å². The Morgan fingerprint density at radius 2 is 2.36 bits per heavy atom. The number of pyridine rings is 1. The van der Waals surface area contributed by atoms with Gasteiger partial charge in [0.15, 0.2) is 0 Å². The number of rotatable bonds is 2. The molecular formula is C9H9N3O2. The van der Waals surface area contributed by atoms with E-state index in [2.05, 4.69) is 5.10 Å². The van der Waals surface area contributed by atoms with Crippen LogP contribution in [0.15, 0.2) is 30.5 Å². The monoisotopic (exact) mass is 191 g/mol. The van der Waals surface area contributed by atoms with Crippen molar-refractivity contribution in [2.75, 3.05) is 0 Å². The normalized spacial score (nSPS) is 12.9. The van der Waals surface area contributed by atoms with Crippen molar-refractivity contribution in [2.24, 2.45) is 5.73 Å². The van der Waals surface area contributed by atoms with Crippen LogP contribution in [-0.2, 0) is 4.79 Å². The van der Waals surface area contributed by atoms with Crippen LogP contribution < -0.4 is 5.73 Å². The van der Waals surface area contributed by atoms with Crippen LogP contribution in [0.4, 0.5) is 0 Å². The van der Waals surface area contributed by atoms with Crippen molar-refractivity contribution in [1.82, 2.24) is 9.61 Å². The second kappa shape index (κ2) is 3.12. The lowest BCUT2D eigenvalue weighted by molar-refractivity contribution is -0.138. The zero-order chi connectivity index (χ0) is 10.1. The minimum Gasteiger partial charge on any atom is -0.480 e. The first-order chi connectivity index (χ1) is 6.68. The van der Waals surface area contributed by atoms with Gasteiger partial charge < -0.3 is 10.8 Å². The maximum absolute atomic E-state index is 10.6. The molecule has 0 spiro atoms. The highest BCUT2D eigenvalue weighted by Crippen LogP contribution is 2.11. The van der Waals surface area contributed by atoms with Gasteiger partial charge in [-0.05, 0) is 18.2 Å². The quantitative estimate of drug-likeness (QED) is 0.720. The van der Waals surface area contributed by atoms with Crippen LogP contribution in [0.2, 0.25) is 0 Å². The highest BCUT2D eigenvalue weighted by Gasteiger charge is 2.17. The highest BCUT2D eigenvalue weighted by molar-refractivity contribution is 5.75. The van der Waals surface area contributed by atoms with Gasteiger partial charge in [0.25, 0.3) is 0 Å². The molecule has 3 N–H and O–H groups in total. The number of fused-ring (bicyclic) bond motifs is 1. The smallest absolute Gasteiger partial charge is 0.326 e. The molecule has 0 bridgehead atoms. The minimum absolute atomic E-state index is 0.365. The van der Waals surface area contributed by atoms with Crippen molar-refractivity contribution in [1.29, 1.82) is 0 Å². The van der Waals surface area contributed by atoms with Gasteiger partial charge in [-0.3, -0.25) is 4.79 Å². The van der Waals surface area contributed by atoms with Gasteiger partial charge in [0.05, 0.1) is 11.2 Å². The minimum atomic E-state index is -1.08. The SMILES string of the molecule is NC(C(=O)O)c1cc2ccccn2n1. The Hall–Kier alpha value is -1.88. The zero-order valence-corrected chi connectivity index (χ0v) is 7.29. The fraction of sp³-hybridized carbons (Fsp3) is 0.111. The van der Waals surface area contributed by atoms with E-state index in [0.717, 1.165) is 5.52 Å². The fourth-order valence-electron chi connectivity index (χ4n) is 1.24. The Morgan fingerprint density at radius 1 is 1.57 bits per heavy atom. The molecule has 1 unspecified atom stereocenters. The Labute approximate surface area is 79.8 Å². The molecule has 2 aromatic heterocycles. The molecule has 1 atom stereocenters. The predicted molar refractivity (Wildman–Crippen MR) is 49.8 cm³/mol. The summed E-state index contributed by atoms with van der Waals surface area (Å²) in [7, 11) is 0. The van der Waals surface area contributed by atoms with Crippen molar-refractivity contribution in [3.05, 3.63) is 36.2 Å². The Morgan fingerprint density at radius 3 is 3.00 bits per heavy atom. The molecule has 2 rings (SSSR count). The van der Waals surface area contributed by atoms with E-state index in [1.807, 2.05) is 18.2 Å². The van der Waals surface area contributed by atoms with Crippen LogP contribution in [0.5, 0.6) is 0 Å². The molecule has 14 heavy (non-hydrogen) atoms. The number of aromatic nitrogens is 2. The molecule has 0 aromatic carbocycles. The van der Waals surface area contributed by atoms with Gasteiger partial charge in [-0.15, -0.1) is 0 Å². The third kappa shape index (κ3) is 1.33. The lowest BCUT2D eigenvalue weighted by atomic mass is 10.2. The maximum Gasteiger partial charge on any atom is 0.326 e. The van der Waals surface area contributed by atoms with Crippen molar-refractivity contribution in [3.8, 4) is 0 Å². The average Bonchev–Trinajstić information content (AvgIpc) is 2.59. The number of carbonyl (C=O) groups is 1. The molecule has 0 saturated carbocycles. The molecule has 0 amide bonds. The molecule has 72 valence electrons. The van der Waals surface area contributed by atoms with Gasteiger partial charge in [-0.1, -0.05) is 6.07 Å². The van der Waals surface area contributed by atoms with E-state index in [1.54, 1.807) is 16.8 Å². The first-order valence-electron chi connectivity index (χ1n) is 4.11. The third-order valence-electron chi connectivity index (χ3n) is 1.97. The fourth-order valence-corrected chi connectivity index (χ4v) is 1.24. The molecule has 5 heteroatoms. The van der Waals surface area contributed by atoms with Gasteiger partial charge in [-0.25, -0.2) is 4.52 Å². The number of hydrogen-bond acceptors (Lipinski definition) is 3. The summed E-state index contributed by atoms with van der Waals surface area (Å²) in [5, 5.41) is 12.7. The molecule has 2 aromatic rings. The van der Waals surface area contributed by atoms with Crippen molar-refractivity contribution in [2.45, 2.75) is 6.04 Å². The van der Waals surface area contributed by atoms with Crippen LogP contribution in [0.1, 0.15) is 11.7 Å². The first kappa shape index (κ1) is 8.71. The molecule has 0 aliphatic rings. The molecule has 5 nitrogen and oxygen atoms in total. The van der Waals surface area contributed by atoms with Gasteiger partial charge in [-0.2, -0.15) is 5.10 Å². The van der Waals surface area contributed by atoms with Crippen LogP contribution in [0.25, 0.3) is 5.52 Å². The second-order valence-electron chi connectivity index (χ2n) is 2.96. The Bertz CT molecular complexity index is 445. The predicted octanol–water partition coefficient (Wildman–Crippen LogP) is 0.419. The summed E-state index contributed by atoms with van der Waals surface area (Å²) >= 11 is 0. The lowest BCUT2D eigenvalue weighted by Crippen LogP contribution is -2.21. The summed E-state index contributed by atoms with van der Waals surface area (Å²) in [4.78, 5) is 10.6. The number of nitrogens with zero attached hydrogens (tertiary/aromatic N) is 2. The van der Waals surface area contributed by atoms with Gasteiger partial charge in [0, 0.05) is 6.20 Å². The van der Waals surface area contributed by atoms with E-state index in [0.29, 0.717) is 5.69 Å². The molecule has 0 aliphatic carbocycles. The molecule has 0 radical (unpaired) electrons. The molecule has 0 saturated heterocycles. The number of nitrogens with two attached hydrogens (primary N) is 1. The summed E-state index contributed by atoms with van der Waals surface area (Å²) in [5.41, 5.74) is 6.62. The zero-order valence-electron chi connectivity index (χ0n) is 7.29. The molecule has 2 heterocycles. The number of aliphatic carboxylic acids is 1. The van der Waals surface area contributed by atoms with E-state index < -0.39 is 12.0 Å². The van der Waals surface area contributed by atoms with E-state index in [9.17, 15) is 4.79 Å². The summed E-state index contributed by atoms with van der Waals surface area (Å²) in [5.74, 6) is -1.08. The van der Waals surface area contributed by atoms with Crippen molar-refractivity contribution < 1.29 is 9.90 Å². The largest absolute Gasteiger partial charge is 0.480 e. The molecular weight excluding hydrogens is 182 g/mol. The van der Waals surface area contributed by atoms with E-state index in [-0.39, 0.29) is 0 Å². The van der Waals surface area contributed by atoms with Crippen LogP contribution >= 0.6 is 0 Å². The van der Waals surface area contributed by atoms with Crippen molar-refractivity contribution in [3.63, 3.8) is 0 Å². The highest BCUT2D eigenvalue weighted by atomic mass is 16.4. The topological polar surface area (TPSA) is 80.6 Å². The van der Waals surface area contributed by atoms with Gasteiger partial charge in [0.2, 0.25) is 0 Å². The van der Waals surface area contributed by atoms with E-state index >= 15 is 0 Å². The van der Waals surface area contributed by atoms with Crippen molar-refractivity contribution >= 4 is 11.5 Å². The van der Waals surface area contributed by atoms with Gasteiger partial charge >= 0.3 is 5.97 Å². The van der Waals surface area contributed by atoms with Crippen LogP contribution in [0, 0.1) is 0 Å². The van der Waals surface area contributed by atoms with Crippen LogP contribution in [-0.4, -0.2) is 20.7 Å².